The molecule has 2 rings (SSSR count). The molecule has 1 fully saturated rings. The lowest BCUT2D eigenvalue weighted by molar-refractivity contribution is -0.139. The van der Waals surface area contributed by atoms with Crippen LogP contribution in [0.25, 0.3) is 0 Å². The van der Waals surface area contributed by atoms with E-state index >= 15 is 0 Å². The molecule has 0 aliphatic carbocycles. The van der Waals surface area contributed by atoms with E-state index < -0.39 is 11.6 Å². The average molecular weight is 277 g/mol. The maximum atomic E-state index is 12.0. The van der Waals surface area contributed by atoms with E-state index in [1.807, 2.05) is 0 Å². The van der Waals surface area contributed by atoms with Gasteiger partial charge in [0.15, 0.2) is 0 Å². The van der Waals surface area contributed by atoms with E-state index in [0.29, 0.717) is 19.6 Å². The van der Waals surface area contributed by atoms with Gasteiger partial charge in [-0.25, -0.2) is 4.79 Å². The van der Waals surface area contributed by atoms with E-state index in [0.717, 1.165) is 18.4 Å². The Hall–Kier alpha value is -1.88. The molecular formula is C15H19NO4. The van der Waals surface area contributed by atoms with Crippen LogP contribution in [0.2, 0.25) is 0 Å². The minimum atomic E-state index is -0.946. The van der Waals surface area contributed by atoms with Gasteiger partial charge in [-0.15, -0.1) is 0 Å². The first-order valence-electron chi connectivity index (χ1n) is 6.76. The van der Waals surface area contributed by atoms with Crippen molar-refractivity contribution < 1.29 is 19.4 Å². The molecule has 1 aromatic carbocycles. The van der Waals surface area contributed by atoms with Crippen molar-refractivity contribution in [1.82, 2.24) is 5.32 Å². The molecule has 20 heavy (non-hydrogen) atoms. The van der Waals surface area contributed by atoms with Crippen LogP contribution in [-0.2, 0) is 16.0 Å². The maximum absolute atomic E-state index is 12.0. The predicted octanol–water partition coefficient (Wildman–Crippen LogP) is 1.61. The second-order valence-corrected chi connectivity index (χ2v) is 5.15. The molecule has 2 N–H and O–H groups in total. The Morgan fingerprint density at radius 3 is 2.80 bits per heavy atom. The third-order valence-corrected chi connectivity index (χ3v) is 3.63. The van der Waals surface area contributed by atoms with Crippen LogP contribution in [0, 0.1) is 0 Å². The topological polar surface area (TPSA) is 75.6 Å². The van der Waals surface area contributed by atoms with Crippen LogP contribution in [0.1, 0.15) is 35.7 Å². The van der Waals surface area contributed by atoms with E-state index in [4.69, 9.17) is 9.84 Å². The second-order valence-electron chi connectivity index (χ2n) is 5.15. The standard InChI is InChI=1S/C15H19NO4/c1-15(8-4-10-20-15)14(19)16-9-7-11-5-2-3-6-12(11)13(17)18/h2-3,5-6H,4,7-10H2,1H3,(H,16,19)(H,17,18). The Morgan fingerprint density at radius 2 is 2.15 bits per heavy atom. The fourth-order valence-electron chi connectivity index (χ4n) is 2.40. The first-order valence-corrected chi connectivity index (χ1v) is 6.76. The van der Waals surface area contributed by atoms with Gasteiger partial charge in [0.1, 0.15) is 5.60 Å². The molecule has 0 spiro atoms. The summed E-state index contributed by atoms with van der Waals surface area (Å²) in [5, 5.41) is 11.9. The molecule has 0 aromatic heterocycles. The van der Waals surface area contributed by atoms with Crippen molar-refractivity contribution in [2.75, 3.05) is 13.2 Å². The van der Waals surface area contributed by atoms with Crippen LogP contribution in [-0.4, -0.2) is 35.7 Å². The zero-order valence-electron chi connectivity index (χ0n) is 11.5. The number of aromatic carboxylic acids is 1. The summed E-state index contributed by atoms with van der Waals surface area (Å²) in [6.07, 6.45) is 2.11. The number of benzene rings is 1. The third kappa shape index (κ3) is 3.17. The quantitative estimate of drug-likeness (QED) is 0.857. The van der Waals surface area contributed by atoms with Crippen molar-refractivity contribution in [3.05, 3.63) is 35.4 Å². The molecule has 1 aliphatic heterocycles. The summed E-state index contributed by atoms with van der Waals surface area (Å²) in [7, 11) is 0. The van der Waals surface area contributed by atoms with E-state index in [2.05, 4.69) is 5.32 Å². The molecule has 0 radical (unpaired) electrons. The highest BCUT2D eigenvalue weighted by Gasteiger charge is 2.37. The smallest absolute Gasteiger partial charge is 0.335 e. The normalized spacial score (nSPS) is 21.6. The van der Waals surface area contributed by atoms with Gasteiger partial charge in [0.05, 0.1) is 5.56 Å². The lowest BCUT2D eigenvalue weighted by atomic mass is 10.0. The minimum Gasteiger partial charge on any atom is -0.478 e. The maximum Gasteiger partial charge on any atom is 0.335 e. The summed E-state index contributed by atoms with van der Waals surface area (Å²) in [4.78, 5) is 23.1. The van der Waals surface area contributed by atoms with Crippen LogP contribution < -0.4 is 5.32 Å². The molecular weight excluding hydrogens is 258 g/mol. The lowest BCUT2D eigenvalue weighted by Gasteiger charge is -2.21. The molecule has 0 saturated carbocycles. The molecule has 1 unspecified atom stereocenters. The van der Waals surface area contributed by atoms with Gasteiger partial charge < -0.3 is 15.2 Å². The summed E-state index contributed by atoms with van der Waals surface area (Å²) in [6.45, 7) is 2.81. The number of hydrogen-bond acceptors (Lipinski definition) is 3. The number of carbonyl (C=O) groups is 2. The van der Waals surface area contributed by atoms with Crippen LogP contribution in [0.4, 0.5) is 0 Å². The molecule has 5 nitrogen and oxygen atoms in total. The van der Waals surface area contributed by atoms with Crippen molar-refractivity contribution >= 4 is 11.9 Å². The molecule has 0 bridgehead atoms. The zero-order chi connectivity index (χ0) is 14.6. The lowest BCUT2D eigenvalue weighted by Crippen LogP contribution is -2.44. The molecule has 1 atom stereocenters. The van der Waals surface area contributed by atoms with Crippen molar-refractivity contribution in [2.24, 2.45) is 0 Å². The van der Waals surface area contributed by atoms with Crippen LogP contribution in [0.3, 0.4) is 0 Å². The van der Waals surface area contributed by atoms with Gasteiger partial charge in [-0.2, -0.15) is 0 Å². The van der Waals surface area contributed by atoms with E-state index in [1.54, 1.807) is 31.2 Å². The van der Waals surface area contributed by atoms with Gasteiger partial charge in [-0.1, -0.05) is 18.2 Å². The van der Waals surface area contributed by atoms with Gasteiger partial charge >= 0.3 is 5.97 Å². The Labute approximate surface area is 117 Å². The zero-order valence-corrected chi connectivity index (χ0v) is 11.5. The van der Waals surface area contributed by atoms with Gasteiger partial charge in [0.25, 0.3) is 5.91 Å². The van der Waals surface area contributed by atoms with Crippen LogP contribution in [0.5, 0.6) is 0 Å². The van der Waals surface area contributed by atoms with E-state index in [-0.39, 0.29) is 11.5 Å². The van der Waals surface area contributed by atoms with Crippen molar-refractivity contribution in [3.63, 3.8) is 0 Å². The minimum absolute atomic E-state index is 0.122. The van der Waals surface area contributed by atoms with Crippen molar-refractivity contribution in [3.8, 4) is 0 Å². The SMILES string of the molecule is CC1(C(=O)NCCc2ccccc2C(=O)O)CCCO1. The highest BCUT2D eigenvalue weighted by Crippen LogP contribution is 2.24. The summed E-state index contributed by atoms with van der Waals surface area (Å²) >= 11 is 0. The summed E-state index contributed by atoms with van der Waals surface area (Å²) in [5.74, 6) is -1.07. The third-order valence-electron chi connectivity index (χ3n) is 3.63. The molecule has 1 amide bonds. The fourth-order valence-corrected chi connectivity index (χ4v) is 2.40. The van der Waals surface area contributed by atoms with Crippen LogP contribution >= 0.6 is 0 Å². The first kappa shape index (κ1) is 14.5. The van der Waals surface area contributed by atoms with E-state index in [1.165, 1.54) is 0 Å². The molecule has 5 heteroatoms. The monoisotopic (exact) mass is 277 g/mol. The highest BCUT2D eigenvalue weighted by atomic mass is 16.5. The summed E-state index contributed by atoms with van der Waals surface area (Å²) in [6, 6.07) is 6.83. The number of nitrogens with one attached hydrogen (secondary N) is 1. The summed E-state index contributed by atoms with van der Waals surface area (Å²) < 4.78 is 5.46. The van der Waals surface area contributed by atoms with Gasteiger partial charge in [-0.05, 0) is 37.8 Å². The first-order chi connectivity index (χ1) is 9.53. The van der Waals surface area contributed by atoms with Crippen molar-refractivity contribution in [2.45, 2.75) is 31.8 Å². The Kier molecular flexibility index (Phi) is 4.39. The van der Waals surface area contributed by atoms with Gasteiger partial charge in [0, 0.05) is 13.2 Å². The Morgan fingerprint density at radius 1 is 1.40 bits per heavy atom. The van der Waals surface area contributed by atoms with Gasteiger partial charge in [0.2, 0.25) is 0 Å². The fraction of sp³-hybridized carbons (Fsp3) is 0.467. The number of rotatable bonds is 5. The molecule has 1 aliphatic rings. The van der Waals surface area contributed by atoms with Crippen LogP contribution in [0.15, 0.2) is 24.3 Å². The Bertz CT molecular complexity index is 506. The predicted molar refractivity (Wildman–Crippen MR) is 73.7 cm³/mol. The number of amides is 1. The Balaban J connectivity index is 1.90. The molecule has 1 heterocycles. The number of carboxylic acid groups (broad SMARTS) is 1. The van der Waals surface area contributed by atoms with E-state index in [9.17, 15) is 9.59 Å². The van der Waals surface area contributed by atoms with Gasteiger partial charge in [-0.3, -0.25) is 4.79 Å². The summed E-state index contributed by atoms with van der Waals surface area (Å²) in [5.41, 5.74) is 0.273. The number of carbonyl (C=O) groups excluding carboxylic acids is 1. The molecule has 1 aromatic rings. The highest BCUT2D eigenvalue weighted by molar-refractivity contribution is 5.89. The number of ether oxygens (including phenoxy) is 1. The van der Waals surface area contributed by atoms with Crippen molar-refractivity contribution in [1.29, 1.82) is 0 Å². The average Bonchev–Trinajstić information content (AvgIpc) is 2.87. The molecule has 108 valence electrons. The second kappa shape index (κ2) is 6.05. The number of carboxylic acids is 1. The number of hydrogen-bond donors (Lipinski definition) is 2. The molecule has 1 saturated heterocycles. The largest absolute Gasteiger partial charge is 0.478 e.